The minimum atomic E-state index is 0.131. The summed E-state index contributed by atoms with van der Waals surface area (Å²) in [6, 6.07) is 0.582. The third kappa shape index (κ3) is 6.64. The lowest BCUT2D eigenvalue weighted by Gasteiger charge is -2.24. The van der Waals surface area contributed by atoms with Crippen molar-refractivity contribution < 1.29 is 4.79 Å². The number of hydrogen-bond acceptors (Lipinski definition) is 3. The van der Waals surface area contributed by atoms with Crippen molar-refractivity contribution in [2.75, 3.05) is 46.3 Å². The summed E-state index contributed by atoms with van der Waals surface area (Å²) in [5.74, 6) is 0.860. The van der Waals surface area contributed by atoms with Gasteiger partial charge < -0.3 is 20.4 Å². The second-order valence-corrected chi connectivity index (χ2v) is 5.95. The van der Waals surface area contributed by atoms with Gasteiger partial charge in [-0.3, -0.25) is 4.79 Å². The van der Waals surface area contributed by atoms with Crippen molar-refractivity contribution >= 4 is 11.9 Å². The van der Waals surface area contributed by atoms with Crippen molar-refractivity contribution in [2.45, 2.75) is 46.1 Å². The van der Waals surface area contributed by atoms with Crippen molar-refractivity contribution in [3.63, 3.8) is 0 Å². The second kappa shape index (κ2) is 10.4. The molecule has 0 aromatic carbocycles. The quantitative estimate of drug-likeness (QED) is 0.516. The van der Waals surface area contributed by atoms with Crippen molar-refractivity contribution in [1.82, 2.24) is 20.4 Å². The zero-order valence-electron chi connectivity index (χ0n) is 14.7. The Bertz CT molecular complexity index is 352. The van der Waals surface area contributed by atoms with E-state index in [-0.39, 0.29) is 12.5 Å². The molecule has 1 aliphatic heterocycles. The van der Waals surface area contributed by atoms with Crippen LogP contribution in [0.1, 0.15) is 40.0 Å². The molecular formula is C16H33N5O. The van der Waals surface area contributed by atoms with Crippen LogP contribution in [0.2, 0.25) is 0 Å². The van der Waals surface area contributed by atoms with Gasteiger partial charge in [0.05, 0.1) is 0 Å². The van der Waals surface area contributed by atoms with E-state index in [1.807, 2.05) is 11.8 Å². The van der Waals surface area contributed by atoms with Gasteiger partial charge in [-0.25, -0.2) is 4.99 Å². The molecule has 1 unspecified atom stereocenters. The van der Waals surface area contributed by atoms with Gasteiger partial charge >= 0.3 is 0 Å². The van der Waals surface area contributed by atoms with Crippen LogP contribution in [0.15, 0.2) is 4.99 Å². The van der Waals surface area contributed by atoms with Crippen LogP contribution in [0.25, 0.3) is 0 Å². The van der Waals surface area contributed by atoms with Crippen LogP contribution in [0.3, 0.4) is 0 Å². The molecule has 0 aromatic heterocycles. The molecule has 2 N–H and O–H groups in total. The van der Waals surface area contributed by atoms with Crippen molar-refractivity contribution in [3.8, 4) is 0 Å². The topological polar surface area (TPSA) is 60.0 Å². The zero-order valence-corrected chi connectivity index (χ0v) is 14.7. The van der Waals surface area contributed by atoms with Gasteiger partial charge in [-0.15, -0.1) is 0 Å². The van der Waals surface area contributed by atoms with Gasteiger partial charge in [0, 0.05) is 38.8 Å². The number of carbonyl (C=O) groups is 1. The largest absolute Gasteiger partial charge is 0.357 e. The van der Waals surface area contributed by atoms with Crippen LogP contribution >= 0.6 is 0 Å². The van der Waals surface area contributed by atoms with Gasteiger partial charge in [0.1, 0.15) is 6.54 Å². The maximum Gasteiger partial charge on any atom is 0.244 e. The van der Waals surface area contributed by atoms with E-state index >= 15 is 0 Å². The summed E-state index contributed by atoms with van der Waals surface area (Å²) in [4.78, 5) is 20.7. The number of rotatable bonds is 8. The van der Waals surface area contributed by atoms with Gasteiger partial charge in [0.15, 0.2) is 5.96 Å². The standard InChI is InChI=1S/C16H33N5O/c1-5-14(3)20(4)12-9-18-16(17-6-2)19-13-15(22)21-10-7-8-11-21/h14H,5-13H2,1-4H3,(H2,17,18,19). The monoisotopic (exact) mass is 311 g/mol. The number of nitrogens with zero attached hydrogens (tertiary/aromatic N) is 3. The molecule has 1 rings (SSSR count). The molecule has 22 heavy (non-hydrogen) atoms. The SMILES string of the molecule is CCNC(=NCC(=O)N1CCCC1)NCCN(C)C(C)CC. The Hall–Kier alpha value is -1.30. The maximum absolute atomic E-state index is 12.0. The van der Waals surface area contributed by atoms with Gasteiger partial charge in [-0.2, -0.15) is 0 Å². The molecule has 128 valence electrons. The molecule has 0 spiro atoms. The van der Waals surface area contributed by atoms with Crippen molar-refractivity contribution in [1.29, 1.82) is 0 Å². The van der Waals surface area contributed by atoms with E-state index in [9.17, 15) is 4.79 Å². The summed E-state index contributed by atoms with van der Waals surface area (Å²) in [6.07, 6.45) is 3.39. The first-order chi connectivity index (χ1) is 10.6. The van der Waals surface area contributed by atoms with Crippen LogP contribution in [-0.4, -0.2) is 74.0 Å². The first kappa shape index (κ1) is 18.7. The molecule has 0 aromatic rings. The number of hydrogen-bond donors (Lipinski definition) is 2. The molecule has 6 heteroatoms. The molecule has 0 radical (unpaired) electrons. The van der Waals surface area contributed by atoms with Gasteiger partial charge in [0.25, 0.3) is 0 Å². The molecule has 1 amide bonds. The molecule has 0 aliphatic carbocycles. The predicted octanol–water partition coefficient (Wildman–Crippen LogP) is 0.894. The van der Waals surface area contributed by atoms with E-state index in [0.717, 1.165) is 57.9 Å². The fourth-order valence-corrected chi connectivity index (χ4v) is 2.44. The first-order valence-corrected chi connectivity index (χ1v) is 8.58. The fourth-order valence-electron chi connectivity index (χ4n) is 2.44. The summed E-state index contributed by atoms with van der Waals surface area (Å²) < 4.78 is 0. The molecule has 6 nitrogen and oxygen atoms in total. The van der Waals surface area contributed by atoms with Crippen molar-refractivity contribution in [2.24, 2.45) is 4.99 Å². The number of amides is 1. The third-order valence-electron chi connectivity index (χ3n) is 4.28. The zero-order chi connectivity index (χ0) is 16.4. The highest BCUT2D eigenvalue weighted by atomic mass is 16.2. The van der Waals surface area contributed by atoms with Crippen LogP contribution < -0.4 is 10.6 Å². The lowest BCUT2D eigenvalue weighted by molar-refractivity contribution is -0.128. The average molecular weight is 311 g/mol. The fraction of sp³-hybridized carbons (Fsp3) is 0.875. The smallest absolute Gasteiger partial charge is 0.244 e. The van der Waals surface area contributed by atoms with E-state index in [2.05, 4.69) is 41.4 Å². The number of likely N-dealkylation sites (N-methyl/N-ethyl adjacent to an activating group) is 1. The second-order valence-electron chi connectivity index (χ2n) is 5.95. The number of aliphatic imine (C=N–C) groups is 1. The highest BCUT2D eigenvalue weighted by molar-refractivity contribution is 5.85. The molecular weight excluding hydrogens is 278 g/mol. The van der Waals surface area contributed by atoms with Crippen LogP contribution in [0, 0.1) is 0 Å². The molecule has 1 fully saturated rings. The lowest BCUT2D eigenvalue weighted by Crippen LogP contribution is -2.43. The summed E-state index contributed by atoms with van der Waals surface area (Å²) in [7, 11) is 2.14. The molecule has 0 saturated carbocycles. The Morgan fingerprint density at radius 1 is 1.27 bits per heavy atom. The van der Waals surface area contributed by atoms with Crippen LogP contribution in [-0.2, 0) is 4.79 Å². The Morgan fingerprint density at radius 2 is 1.95 bits per heavy atom. The normalized spacial score (nSPS) is 17.0. The highest BCUT2D eigenvalue weighted by Gasteiger charge is 2.17. The van der Waals surface area contributed by atoms with E-state index < -0.39 is 0 Å². The van der Waals surface area contributed by atoms with Gasteiger partial charge in [0.2, 0.25) is 5.91 Å². The van der Waals surface area contributed by atoms with E-state index in [1.165, 1.54) is 0 Å². The molecule has 1 heterocycles. The summed E-state index contributed by atoms with van der Waals surface area (Å²) >= 11 is 0. The Morgan fingerprint density at radius 3 is 2.55 bits per heavy atom. The van der Waals surface area contributed by atoms with Gasteiger partial charge in [-0.1, -0.05) is 6.92 Å². The van der Waals surface area contributed by atoms with Crippen molar-refractivity contribution in [3.05, 3.63) is 0 Å². The van der Waals surface area contributed by atoms with E-state index in [1.54, 1.807) is 0 Å². The highest BCUT2D eigenvalue weighted by Crippen LogP contribution is 2.07. The number of likely N-dealkylation sites (tertiary alicyclic amines) is 1. The first-order valence-electron chi connectivity index (χ1n) is 8.58. The van der Waals surface area contributed by atoms with Gasteiger partial charge in [-0.05, 0) is 40.2 Å². The number of guanidine groups is 1. The summed E-state index contributed by atoms with van der Waals surface area (Å²) in [5.41, 5.74) is 0. The minimum Gasteiger partial charge on any atom is -0.357 e. The number of nitrogens with one attached hydrogen (secondary N) is 2. The van der Waals surface area contributed by atoms with Crippen LogP contribution in [0.5, 0.6) is 0 Å². The minimum absolute atomic E-state index is 0.131. The molecule has 1 aliphatic rings. The Kier molecular flexibility index (Phi) is 8.89. The Labute approximate surface area is 135 Å². The molecule has 1 atom stereocenters. The molecule has 0 bridgehead atoms. The summed E-state index contributed by atoms with van der Waals surface area (Å²) in [5, 5.41) is 6.50. The van der Waals surface area contributed by atoms with E-state index in [4.69, 9.17) is 0 Å². The third-order valence-corrected chi connectivity index (χ3v) is 4.28. The average Bonchev–Trinajstić information content (AvgIpc) is 3.05. The predicted molar refractivity (Wildman–Crippen MR) is 92.2 cm³/mol. The Balaban J connectivity index is 2.36. The van der Waals surface area contributed by atoms with Crippen LogP contribution in [0.4, 0.5) is 0 Å². The maximum atomic E-state index is 12.0. The lowest BCUT2D eigenvalue weighted by atomic mass is 10.2. The molecule has 1 saturated heterocycles. The van der Waals surface area contributed by atoms with E-state index in [0.29, 0.717) is 6.04 Å². The number of carbonyl (C=O) groups excluding carboxylic acids is 1. The summed E-state index contributed by atoms with van der Waals surface area (Å²) in [6.45, 7) is 11.0.